The van der Waals surface area contributed by atoms with Gasteiger partial charge in [0, 0.05) is 58.5 Å². The van der Waals surface area contributed by atoms with Crippen LogP contribution in [0.15, 0.2) is 47.6 Å². The van der Waals surface area contributed by atoms with E-state index in [-0.39, 0.29) is 74.1 Å². The Bertz CT molecular complexity index is 1810. The summed E-state index contributed by atoms with van der Waals surface area (Å²) in [6, 6.07) is -1.14. The van der Waals surface area contributed by atoms with Crippen LogP contribution in [0.3, 0.4) is 0 Å². The van der Waals surface area contributed by atoms with Gasteiger partial charge in [-0.1, -0.05) is 71.1 Å². The topological polar surface area (TPSA) is 205 Å². The van der Waals surface area contributed by atoms with Gasteiger partial charge in [0.2, 0.25) is 5.79 Å². The second-order valence-corrected chi connectivity index (χ2v) is 20.2. The summed E-state index contributed by atoms with van der Waals surface area (Å²) in [5.74, 6) is -7.96. The average Bonchev–Trinajstić information content (AvgIpc) is 3.32. The van der Waals surface area contributed by atoms with Crippen molar-refractivity contribution in [2.45, 2.75) is 180 Å². The van der Waals surface area contributed by atoms with Crippen molar-refractivity contribution in [1.82, 2.24) is 4.90 Å². The molecule has 1 saturated carbocycles. The van der Waals surface area contributed by atoms with Crippen LogP contribution in [-0.2, 0) is 52.4 Å². The smallest absolute Gasteiger partial charge is 0.329 e. The van der Waals surface area contributed by atoms with Gasteiger partial charge in [0.15, 0.2) is 5.78 Å². The Labute approximate surface area is 405 Å². The molecule has 0 spiro atoms. The highest BCUT2D eigenvalue weighted by molar-refractivity contribution is 6.39. The molecule has 3 fully saturated rings. The molecule has 15 atom stereocenters. The summed E-state index contributed by atoms with van der Waals surface area (Å²) in [7, 11) is 4.58. The Morgan fingerprint density at radius 3 is 2.26 bits per heavy atom. The van der Waals surface area contributed by atoms with E-state index in [0.717, 1.165) is 12.0 Å². The zero-order valence-electron chi connectivity index (χ0n) is 42.4. The van der Waals surface area contributed by atoms with Crippen LogP contribution in [0.25, 0.3) is 0 Å². The van der Waals surface area contributed by atoms with Crippen molar-refractivity contribution >= 4 is 29.2 Å². The van der Waals surface area contributed by atoms with E-state index in [9.17, 15) is 39.3 Å². The summed E-state index contributed by atoms with van der Waals surface area (Å²) in [6.07, 6.45) is 12.0. The third-order valence-corrected chi connectivity index (χ3v) is 14.9. The summed E-state index contributed by atoms with van der Waals surface area (Å²) in [4.78, 5) is 72.1. The van der Waals surface area contributed by atoms with E-state index in [0.29, 0.717) is 63.4 Å². The lowest BCUT2D eigenvalue weighted by molar-refractivity contribution is -0.265. The van der Waals surface area contributed by atoms with Crippen LogP contribution in [0, 0.1) is 35.5 Å². The lowest BCUT2D eigenvalue weighted by atomic mass is 9.78. The number of aliphatic hydroxyl groups is 3. The van der Waals surface area contributed by atoms with Gasteiger partial charge in [-0.05, 0) is 107 Å². The maximum absolute atomic E-state index is 14.5. The Balaban J connectivity index is 1.70. The van der Waals surface area contributed by atoms with Crippen LogP contribution in [0.2, 0.25) is 0 Å². The molecule has 14 unspecified atom stereocenters. The van der Waals surface area contributed by atoms with Crippen LogP contribution in [0.5, 0.6) is 0 Å². The number of carbonyl (C=O) groups is 5. The molecular formula is C53H83NO14. The number of rotatable bonds is 9. The second-order valence-electron chi connectivity index (χ2n) is 20.2. The van der Waals surface area contributed by atoms with Gasteiger partial charge in [-0.3, -0.25) is 19.2 Å². The van der Waals surface area contributed by atoms with Crippen molar-refractivity contribution in [1.29, 1.82) is 0 Å². The number of cyclic esters (lactones) is 1. The first-order valence-corrected chi connectivity index (χ1v) is 25.0. The molecule has 2 saturated heterocycles. The molecule has 1 amide bonds. The Hall–Kier alpha value is -3.41. The van der Waals surface area contributed by atoms with Crippen molar-refractivity contribution in [3.8, 4) is 0 Å². The summed E-state index contributed by atoms with van der Waals surface area (Å²) in [5.41, 5.74) is 1.26. The minimum atomic E-state index is -2.43. The zero-order valence-corrected chi connectivity index (χ0v) is 42.4. The highest BCUT2D eigenvalue weighted by Crippen LogP contribution is 2.38. The van der Waals surface area contributed by atoms with Gasteiger partial charge in [0.25, 0.3) is 11.7 Å². The minimum Gasteiger partial charge on any atom is -0.460 e. The van der Waals surface area contributed by atoms with Crippen LogP contribution in [0.1, 0.15) is 126 Å². The monoisotopic (exact) mass is 958 g/mol. The van der Waals surface area contributed by atoms with Gasteiger partial charge in [0.05, 0.1) is 37.6 Å². The van der Waals surface area contributed by atoms with E-state index >= 15 is 0 Å². The molecular weight excluding hydrogens is 875 g/mol. The number of ketones is 3. The van der Waals surface area contributed by atoms with Crippen LogP contribution >= 0.6 is 0 Å². The standard InChI is InChI=1S/C53H83NO14/c1-32-16-12-11-13-17-33(2)44(63-8)30-40-21-19-38(7)53(62,68-40)50(59)51(60)54-23-15-14-18-41(54)52(61)67-45(35(4)28-39-20-22-43(66-25-24-55)46(29-39)64-9)31-42(56)34(3)27-37(6)48(58)49(65-10)47(57)36(5)26-32/h11-13,16-17,27,32,34-36,38-41,43-46,48-49,55,58,62H,14-15,18-26,28-31H2,1-10H3/b13-11?,16-12+,33-17?,37-27-/t32?,34?,35?,36?,38?,39?,40?,41-,43?,44?,45?,46?,48?,49?,53?/m0/s1. The van der Waals surface area contributed by atoms with Gasteiger partial charge in [0.1, 0.15) is 30.1 Å². The number of carbonyl (C=O) groups excluding carboxylic acids is 5. The number of esters is 1. The number of ether oxygens (including phenoxy) is 6. The Morgan fingerprint density at radius 1 is 0.853 bits per heavy atom. The van der Waals surface area contributed by atoms with Crippen LogP contribution in [-0.4, -0.2) is 145 Å². The third kappa shape index (κ3) is 15.3. The number of piperidine rings is 1. The van der Waals surface area contributed by atoms with Crippen molar-refractivity contribution in [3.05, 3.63) is 47.6 Å². The van der Waals surface area contributed by atoms with Gasteiger partial charge >= 0.3 is 5.97 Å². The SMILES string of the molecule is COC1CC2CCC(C)C(O)(O2)C(=O)C(=O)N2CCCC[C@H]2C(=O)OC(C(C)CC2CCC(OCCO)C(OC)C2)CC(=O)C(C)/C=C(/C)C(O)C(OC)C(=O)C(C)CC(C)/C=C/C=CC=C1C. The first-order valence-electron chi connectivity index (χ1n) is 25.0. The molecule has 15 heteroatoms. The molecule has 0 aromatic rings. The molecule has 3 N–H and O–H groups in total. The molecule has 15 nitrogen and oxygen atoms in total. The second kappa shape index (κ2) is 27.3. The molecule has 0 radical (unpaired) electrons. The number of Topliss-reactive ketones (excluding diaryl/α,β-unsaturated/α-hetero) is 3. The summed E-state index contributed by atoms with van der Waals surface area (Å²) in [5, 5.41) is 32.8. The Kier molecular flexibility index (Phi) is 22.9. The predicted octanol–water partition coefficient (Wildman–Crippen LogP) is 6.20. The quantitative estimate of drug-likeness (QED) is 0.134. The molecule has 3 heterocycles. The number of methoxy groups -OCH3 is 3. The first kappa shape index (κ1) is 57.2. The third-order valence-electron chi connectivity index (χ3n) is 14.9. The maximum Gasteiger partial charge on any atom is 0.329 e. The summed E-state index contributed by atoms with van der Waals surface area (Å²) in [6.45, 7) is 12.9. The number of hydrogen-bond donors (Lipinski definition) is 3. The zero-order chi connectivity index (χ0) is 50.3. The first-order chi connectivity index (χ1) is 32.3. The Morgan fingerprint density at radius 2 is 1.59 bits per heavy atom. The fourth-order valence-electron chi connectivity index (χ4n) is 10.5. The van der Waals surface area contributed by atoms with Crippen molar-refractivity contribution in [2.24, 2.45) is 35.5 Å². The molecule has 68 heavy (non-hydrogen) atoms. The van der Waals surface area contributed by atoms with Crippen molar-refractivity contribution in [3.63, 3.8) is 0 Å². The fourth-order valence-corrected chi connectivity index (χ4v) is 10.5. The molecule has 1 aliphatic carbocycles. The van der Waals surface area contributed by atoms with Gasteiger partial charge in [-0.25, -0.2) is 4.79 Å². The number of allylic oxidation sites excluding steroid dienone is 6. The molecule has 384 valence electrons. The van der Waals surface area contributed by atoms with Gasteiger partial charge in [-0.15, -0.1) is 0 Å². The molecule has 2 bridgehead atoms. The molecule has 4 rings (SSSR count). The maximum atomic E-state index is 14.5. The van der Waals surface area contributed by atoms with E-state index in [2.05, 4.69) is 0 Å². The highest BCUT2D eigenvalue weighted by Gasteiger charge is 2.53. The normalized spacial score (nSPS) is 37.9. The van der Waals surface area contributed by atoms with Crippen LogP contribution < -0.4 is 0 Å². The van der Waals surface area contributed by atoms with E-state index in [1.165, 1.54) is 12.0 Å². The van der Waals surface area contributed by atoms with E-state index < -0.39 is 77.8 Å². The van der Waals surface area contributed by atoms with Crippen molar-refractivity contribution in [2.75, 3.05) is 41.1 Å². The van der Waals surface area contributed by atoms with Gasteiger partial charge in [-0.2, -0.15) is 0 Å². The molecule has 0 aromatic carbocycles. The van der Waals surface area contributed by atoms with Crippen LogP contribution in [0.4, 0.5) is 0 Å². The van der Waals surface area contributed by atoms with E-state index in [1.807, 2.05) is 58.1 Å². The molecule has 0 aromatic heterocycles. The average molecular weight is 958 g/mol. The number of fused-ring (bicyclic) bond motifs is 3. The van der Waals surface area contributed by atoms with E-state index in [4.69, 9.17) is 28.4 Å². The van der Waals surface area contributed by atoms with Gasteiger partial charge < -0.3 is 48.6 Å². The number of aliphatic hydroxyl groups excluding tert-OH is 2. The number of nitrogens with zero attached hydrogens (tertiary/aromatic N) is 1. The molecule has 3 aliphatic heterocycles. The number of hydrogen-bond acceptors (Lipinski definition) is 14. The number of amides is 1. The molecule has 4 aliphatic rings. The highest BCUT2D eigenvalue weighted by atomic mass is 16.6. The fraction of sp³-hybridized carbons (Fsp3) is 0.755. The van der Waals surface area contributed by atoms with E-state index in [1.54, 1.807) is 41.1 Å². The largest absolute Gasteiger partial charge is 0.460 e. The summed E-state index contributed by atoms with van der Waals surface area (Å²) >= 11 is 0. The minimum absolute atomic E-state index is 0.0158. The van der Waals surface area contributed by atoms with Crippen molar-refractivity contribution < 1.29 is 67.7 Å². The summed E-state index contributed by atoms with van der Waals surface area (Å²) < 4.78 is 35.6. The predicted molar refractivity (Wildman–Crippen MR) is 256 cm³/mol. The lowest BCUT2D eigenvalue weighted by Gasteiger charge is -2.42. The lowest BCUT2D eigenvalue weighted by Crippen LogP contribution is -2.61.